The van der Waals surface area contributed by atoms with Gasteiger partial charge in [-0.3, -0.25) is 4.79 Å². The third kappa shape index (κ3) is 3.66. The average Bonchev–Trinajstić information content (AvgIpc) is 2.89. The van der Waals surface area contributed by atoms with Gasteiger partial charge in [-0.05, 0) is 33.8 Å². The molecule has 1 N–H and O–H groups in total. The number of hydrogen-bond acceptors (Lipinski definition) is 4. The van der Waals surface area contributed by atoms with E-state index >= 15 is 0 Å². The van der Waals surface area contributed by atoms with Crippen LogP contribution in [0.3, 0.4) is 0 Å². The number of fused-ring (bicyclic) bond motifs is 1. The first-order valence-electron chi connectivity index (χ1n) is 7.85. The van der Waals surface area contributed by atoms with Gasteiger partial charge in [-0.1, -0.05) is 0 Å². The number of hydrogen-bond donors (Lipinski definition) is 1. The number of carbonyl (C=O) groups excluding carboxylic acids is 1. The van der Waals surface area contributed by atoms with Gasteiger partial charge in [-0.15, -0.1) is 24.8 Å². The molecule has 0 radical (unpaired) electrons. The van der Waals surface area contributed by atoms with Crippen LogP contribution in [0.5, 0.6) is 0 Å². The summed E-state index contributed by atoms with van der Waals surface area (Å²) in [6.45, 7) is 10.5. The highest BCUT2D eigenvalue weighted by Gasteiger charge is 2.26. The SMILES string of the molecule is Cc1nc2c(cnn2C(C)C)cc1C(=O)N1CCNC[C@@H]1C.Cl.Cl. The summed E-state index contributed by atoms with van der Waals surface area (Å²) in [6, 6.07) is 2.38. The minimum Gasteiger partial charge on any atom is -0.333 e. The number of amides is 1. The molecule has 2 aromatic rings. The minimum absolute atomic E-state index is 0. The lowest BCUT2D eigenvalue weighted by Gasteiger charge is -2.34. The predicted octanol–water partition coefficient (Wildman–Crippen LogP) is 2.60. The largest absolute Gasteiger partial charge is 0.333 e. The molecule has 6 nitrogen and oxygen atoms in total. The van der Waals surface area contributed by atoms with Crippen molar-refractivity contribution < 1.29 is 4.79 Å². The van der Waals surface area contributed by atoms with Gasteiger partial charge in [0.1, 0.15) is 0 Å². The number of nitrogens with one attached hydrogen (secondary N) is 1. The molecule has 1 aliphatic heterocycles. The van der Waals surface area contributed by atoms with Gasteiger partial charge in [0, 0.05) is 37.1 Å². The fourth-order valence-corrected chi connectivity index (χ4v) is 2.96. The van der Waals surface area contributed by atoms with Gasteiger partial charge in [0.15, 0.2) is 5.65 Å². The Bertz CT molecular complexity index is 716. The summed E-state index contributed by atoms with van der Waals surface area (Å²) in [7, 11) is 0. The first-order chi connectivity index (χ1) is 10.5. The lowest BCUT2D eigenvalue weighted by Crippen LogP contribution is -2.52. The predicted molar refractivity (Wildman–Crippen MR) is 101 cm³/mol. The van der Waals surface area contributed by atoms with E-state index in [9.17, 15) is 4.79 Å². The molecule has 3 heterocycles. The standard InChI is InChI=1S/C16H23N5O.2ClH/c1-10(2)21-15-13(9-18-21)7-14(12(4)19-15)16(22)20-6-5-17-8-11(20)3;;/h7,9-11,17H,5-6,8H2,1-4H3;2*1H/t11-;;/m0../s1. The maximum atomic E-state index is 12.8. The van der Waals surface area contributed by atoms with Crippen molar-refractivity contribution in [3.05, 3.63) is 23.5 Å². The number of rotatable bonds is 2. The Balaban J connectivity index is 0.00000144. The van der Waals surface area contributed by atoms with E-state index in [0.29, 0.717) is 5.56 Å². The van der Waals surface area contributed by atoms with Crippen molar-refractivity contribution >= 4 is 41.8 Å². The Kier molecular flexibility index (Phi) is 7.01. The molecular weight excluding hydrogens is 349 g/mol. The molecule has 1 atom stereocenters. The molecule has 8 heteroatoms. The maximum Gasteiger partial charge on any atom is 0.256 e. The van der Waals surface area contributed by atoms with Crippen LogP contribution in [0, 0.1) is 6.92 Å². The van der Waals surface area contributed by atoms with Gasteiger partial charge >= 0.3 is 0 Å². The summed E-state index contributed by atoms with van der Waals surface area (Å²) in [5.41, 5.74) is 2.30. The number of aryl methyl sites for hydroxylation is 1. The molecule has 1 amide bonds. The summed E-state index contributed by atoms with van der Waals surface area (Å²) in [5, 5.41) is 8.61. The molecule has 0 spiro atoms. The Morgan fingerprint density at radius 1 is 1.38 bits per heavy atom. The number of piperazine rings is 1. The lowest BCUT2D eigenvalue weighted by atomic mass is 10.1. The monoisotopic (exact) mass is 373 g/mol. The first-order valence-corrected chi connectivity index (χ1v) is 7.85. The molecule has 0 bridgehead atoms. The smallest absolute Gasteiger partial charge is 0.256 e. The fraction of sp³-hybridized carbons (Fsp3) is 0.562. The van der Waals surface area contributed by atoms with E-state index < -0.39 is 0 Å². The summed E-state index contributed by atoms with van der Waals surface area (Å²) in [5.74, 6) is 0.0678. The molecule has 1 aliphatic rings. The normalized spacial score (nSPS) is 17.5. The molecule has 134 valence electrons. The number of halogens is 2. The van der Waals surface area contributed by atoms with Crippen LogP contribution in [0.1, 0.15) is 42.9 Å². The van der Waals surface area contributed by atoms with Crippen LogP contribution < -0.4 is 5.32 Å². The van der Waals surface area contributed by atoms with Crippen molar-refractivity contribution in [2.45, 2.75) is 39.8 Å². The van der Waals surface area contributed by atoms with Gasteiger partial charge in [0.2, 0.25) is 0 Å². The Hall–Kier alpha value is -1.37. The molecule has 3 rings (SSSR count). The van der Waals surface area contributed by atoms with Crippen LogP contribution in [0.4, 0.5) is 0 Å². The van der Waals surface area contributed by atoms with E-state index in [2.05, 4.69) is 36.2 Å². The van der Waals surface area contributed by atoms with Crippen LogP contribution in [0.15, 0.2) is 12.3 Å². The number of aromatic nitrogens is 3. The molecule has 0 aromatic carbocycles. The Morgan fingerprint density at radius 3 is 2.71 bits per heavy atom. The van der Waals surface area contributed by atoms with E-state index in [1.54, 1.807) is 6.20 Å². The molecule has 1 saturated heterocycles. The van der Waals surface area contributed by atoms with Gasteiger partial charge in [-0.2, -0.15) is 5.10 Å². The molecule has 0 saturated carbocycles. The highest BCUT2D eigenvalue weighted by molar-refractivity contribution is 5.98. The molecule has 0 unspecified atom stereocenters. The molecule has 24 heavy (non-hydrogen) atoms. The summed E-state index contributed by atoms with van der Waals surface area (Å²) in [6.07, 6.45) is 1.79. The van der Waals surface area contributed by atoms with E-state index in [4.69, 9.17) is 0 Å². The van der Waals surface area contributed by atoms with Crippen LogP contribution >= 0.6 is 24.8 Å². The molecule has 0 aliphatic carbocycles. The Morgan fingerprint density at radius 2 is 2.08 bits per heavy atom. The summed E-state index contributed by atoms with van der Waals surface area (Å²) < 4.78 is 1.89. The number of pyridine rings is 1. The Labute approximate surface area is 154 Å². The highest BCUT2D eigenvalue weighted by Crippen LogP contribution is 2.21. The van der Waals surface area contributed by atoms with E-state index in [1.807, 2.05) is 22.6 Å². The number of nitrogens with zero attached hydrogens (tertiary/aromatic N) is 4. The lowest BCUT2D eigenvalue weighted by molar-refractivity contribution is 0.0654. The summed E-state index contributed by atoms with van der Waals surface area (Å²) in [4.78, 5) is 19.4. The van der Waals surface area contributed by atoms with Crippen LogP contribution in [-0.2, 0) is 0 Å². The van der Waals surface area contributed by atoms with Crippen LogP contribution in [0.2, 0.25) is 0 Å². The van der Waals surface area contributed by atoms with Crippen molar-refractivity contribution in [1.82, 2.24) is 25.0 Å². The third-order valence-corrected chi connectivity index (χ3v) is 4.24. The minimum atomic E-state index is 0. The molecule has 2 aromatic heterocycles. The first kappa shape index (κ1) is 20.7. The highest BCUT2D eigenvalue weighted by atomic mass is 35.5. The zero-order valence-electron chi connectivity index (χ0n) is 14.4. The van der Waals surface area contributed by atoms with Crippen molar-refractivity contribution in [3.8, 4) is 0 Å². The van der Waals surface area contributed by atoms with E-state index in [0.717, 1.165) is 36.4 Å². The topological polar surface area (TPSA) is 63.1 Å². The van der Waals surface area contributed by atoms with Gasteiger partial charge in [0.05, 0.1) is 17.5 Å². The van der Waals surface area contributed by atoms with Crippen LogP contribution in [-0.4, -0.2) is 51.2 Å². The number of carbonyl (C=O) groups is 1. The van der Waals surface area contributed by atoms with Gasteiger partial charge in [-0.25, -0.2) is 9.67 Å². The second kappa shape index (κ2) is 8.14. The van der Waals surface area contributed by atoms with E-state index in [-0.39, 0.29) is 42.8 Å². The average molecular weight is 374 g/mol. The second-order valence-electron chi connectivity index (χ2n) is 6.27. The van der Waals surface area contributed by atoms with Crippen molar-refractivity contribution in [2.75, 3.05) is 19.6 Å². The van der Waals surface area contributed by atoms with Gasteiger partial charge < -0.3 is 10.2 Å². The van der Waals surface area contributed by atoms with E-state index in [1.165, 1.54) is 0 Å². The van der Waals surface area contributed by atoms with Crippen molar-refractivity contribution in [3.63, 3.8) is 0 Å². The quantitative estimate of drug-likeness (QED) is 0.878. The fourth-order valence-electron chi connectivity index (χ4n) is 2.96. The maximum absolute atomic E-state index is 12.8. The van der Waals surface area contributed by atoms with Crippen molar-refractivity contribution in [1.29, 1.82) is 0 Å². The zero-order valence-corrected chi connectivity index (χ0v) is 16.1. The molecular formula is C16H25Cl2N5O. The summed E-state index contributed by atoms with van der Waals surface area (Å²) >= 11 is 0. The third-order valence-electron chi connectivity index (χ3n) is 4.24. The second-order valence-corrected chi connectivity index (χ2v) is 6.27. The van der Waals surface area contributed by atoms with Crippen LogP contribution in [0.25, 0.3) is 11.0 Å². The van der Waals surface area contributed by atoms with Gasteiger partial charge in [0.25, 0.3) is 5.91 Å². The molecule has 1 fully saturated rings. The van der Waals surface area contributed by atoms with Crippen molar-refractivity contribution in [2.24, 2.45) is 0 Å². The zero-order chi connectivity index (χ0) is 15.9.